The van der Waals surface area contributed by atoms with Crippen LogP contribution in [0.25, 0.3) is 0 Å². The summed E-state index contributed by atoms with van der Waals surface area (Å²) in [6, 6.07) is 9.46. The van der Waals surface area contributed by atoms with Gasteiger partial charge < -0.3 is 10.6 Å². The number of anilines is 1. The molecule has 0 fully saturated rings. The van der Waals surface area contributed by atoms with Gasteiger partial charge >= 0.3 is 0 Å². The van der Waals surface area contributed by atoms with Crippen LogP contribution in [-0.4, -0.2) is 21.8 Å². The van der Waals surface area contributed by atoms with Gasteiger partial charge in [0.05, 0.1) is 5.56 Å². The maximum atomic E-state index is 12.9. The molecule has 1 amide bonds. The topological polar surface area (TPSA) is 59.2 Å². The van der Waals surface area contributed by atoms with Gasteiger partial charge in [-0.25, -0.2) is 0 Å². The molecule has 0 saturated heterocycles. The SMILES string of the molecule is Cc1cccc(N)c1C(=O)N(Cc1cccnc1)C(C)C. The van der Waals surface area contributed by atoms with Crippen molar-refractivity contribution in [2.75, 3.05) is 5.73 Å². The predicted octanol–water partition coefficient (Wildman–Crippen LogP) is 3.02. The van der Waals surface area contributed by atoms with Crippen molar-refractivity contribution >= 4 is 11.6 Å². The van der Waals surface area contributed by atoms with E-state index in [1.54, 1.807) is 18.5 Å². The lowest BCUT2D eigenvalue weighted by Gasteiger charge is -2.28. The third-order valence-corrected chi connectivity index (χ3v) is 3.48. The Morgan fingerprint density at radius 1 is 1.29 bits per heavy atom. The molecule has 0 spiro atoms. The van der Waals surface area contributed by atoms with Crippen LogP contribution in [0.15, 0.2) is 42.7 Å². The van der Waals surface area contributed by atoms with Crippen molar-refractivity contribution in [3.05, 3.63) is 59.4 Å². The van der Waals surface area contributed by atoms with Crippen LogP contribution in [0.5, 0.6) is 0 Å². The van der Waals surface area contributed by atoms with E-state index in [0.717, 1.165) is 11.1 Å². The Bertz CT molecular complexity index is 603. The van der Waals surface area contributed by atoms with E-state index in [1.807, 2.05) is 49.9 Å². The number of nitrogens with zero attached hydrogens (tertiary/aromatic N) is 2. The van der Waals surface area contributed by atoms with Gasteiger partial charge in [-0.15, -0.1) is 0 Å². The number of hydrogen-bond acceptors (Lipinski definition) is 3. The van der Waals surface area contributed by atoms with Gasteiger partial charge in [-0.1, -0.05) is 18.2 Å². The van der Waals surface area contributed by atoms with Crippen LogP contribution in [0, 0.1) is 6.92 Å². The van der Waals surface area contributed by atoms with Gasteiger partial charge in [0.2, 0.25) is 0 Å². The van der Waals surface area contributed by atoms with Gasteiger partial charge in [0.1, 0.15) is 0 Å². The summed E-state index contributed by atoms with van der Waals surface area (Å²) in [5, 5.41) is 0. The molecule has 0 aliphatic rings. The molecule has 2 N–H and O–H groups in total. The lowest BCUT2D eigenvalue weighted by molar-refractivity contribution is 0.0690. The number of hydrogen-bond donors (Lipinski definition) is 1. The van der Waals surface area contributed by atoms with Crippen LogP contribution in [0.2, 0.25) is 0 Å². The second-order valence-electron chi connectivity index (χ2n) is 5.43. The second kappa shape index (κ2) is 6.39. The highest BCUT2D eigenvalue weighted by molar-refractivity contribution is 6.00. The quantitative estimate of drug-likeness (QED) is 0.877. The fourth-order valence-corrected chi connectivity index (χ4v) is 2.30. The van der Waals surface area contributed by atoms with Crippen molar-refractivity contribution in [2.24, 2.45) is 0 Å². The van der Waals surface area contributed by atoms with Crippen molar-refractivity contribution in [1.29, 1.82) is 0 Å². The number of nitrogen functional groups attached to an aromatic ring is 1. The fraction of sp³-hybridized carbons (Fsp3) is 0.294. The molecule has 4 heteroatoms. The summed E-state index contributed by atoms with van der Waals surface area (Å²) in [5.74, 6) is -0.0375. The molecule has 1 aromatic carbocycles. The van der Waals surface area contributed by atoms with Gasteiger partial charge in [0.25, 0.3) is 5.91 Å². The Morgan fingerprint density at radius 3 is 2.62 bits per heavy atom. The molecule has 4 nitrogen and oxygen atoms in total. The summed E-state index contributed by atoms with van der Waals surface area (Å²) in [5.41, 5.74) is 9.02. The zero-order valence-electron chi connectivity index (χ0n) is 12.7. The van der Waals surface area contributed by atoms with E-state index in [0.29, 0.717) is 17.8 Å². The molecule has 0 radical (unpaired) electrons. The van der Waals surface area contributed by atoms with Gasteiger partial charge in [0.15, 0.2) is 0 Å². The van der Waals surface area contributed by atoms with Crippen LogP contribution < -0.4 is 5.73 Å². The minimum atomic E-state index is -0.0375. The first-order valence-corrected chi connectivity index (χ1v) is 7.05. The van der Waals surface area contributed by atoms with Crippen LogP contribution in [0.4, 0.5) is 5.69 Å². The van der Waals surface area contributed by atoms with Gasteiger partial charge in [-0.3, -0.25) is 9.78 Å². The van der Waals surface area contributed by atoms with E-state index in [-0.39, 0.29) is 11.9 Å². The zero-order chi connectivity index (χ0) is 15.4. The number of carbonyl (C=O) groups is 1. The number of nitrogens with two attached hydrogens (primary N) is 1. The number of aromatic nitrogens is 1. The first-order valence-electron chi connectivity index (χ1n) is 7.05. The summed E-state index contributed by atoms with van der Waals surface area (Å²) in [6.07, 6.45) is 3.51. The predicted molar refractivity (Wildman–Crippen MR) is 84.8 cm³/mol. The van der Waals surface area contributed by atoms with Crippen LogP contribution >= 0.6 is 0 Å². The maximum absolute atomic E-state index is 12.9. The first-order chi connectivity index (χ1) is 10.0. The summed E-state index contributed by atoms with van der Waals surface area (Å²) < 4.78 is 0. The molecule has 0 atom stereocenters. The average Bonchev–Trinajstić information content (AvgIpc) is 2.45. The van der Waals surface area contributed by atoms with E-state index < -0.39 is 0 Å². The molecular formula is C17H21N3O. The normalized spacial score (nSPS) is 10.7. The number of amides is 1. The molecule has 0 aliphatic carbocycles. The lowest BCUT2D eigenvalue weighted by atomic mass is 10.0. The van der Waals surface area contributed by atoms with Crippen molar-refractivity contribution in [1.82, 2.24) is 9.88 Å². The summed E-state index contributed by atoms with van der Waals surface area (Å²) in [4.78, 5) is 18.8. The van der Waals surface area contributed by atoms with Crippen molar-refractivity contribution in [2.45, 2.75) is 33.4 Å². The molecule has 110 valence electrons. The highest BCUT2D eigenvalue weighted by atomic mass is 16.2. The Hall–Kier alpha value is -2.36. The van der Waals surface area contributed by atoms with E-state index in [1.165, 1.54) is 0 Å². The largest absolute Gasteiger partial charge is 0.398 e. The molecule has 2 rings (SSSR count). The number of aryl methyl sites for hydroxylation is 1. The van der Waals surface area contributed by atoms with E-state index in [4.69, 9.17) is 5.73 Å². The molecule has 21 heavy (non-hydrogen) atoms. The van der Waals surface area contributed by atoms with Gasteiger partial charge in [0, 0.05) is 30.7 Å². The molecule has 0 unspecified atom stereocenters. The summed E-state index contributed by atoms with van der Waals surface area (Å²) in [7, 11) is 0. The number of carbonyl (C=O) groups excluding carboxylic acids is 1. The Labute approximate surface area is 125 Å². The Kier molecular flexibility index (Phi) is 4.58. The fourth-order valence-electron chi connectivity index (χ4n) is 2.30. The lowest BCUT2D eigenvalue weighted by Crippen LogP contribution is -2.37. The summed E-state index contributed by atoms with van der Waals surface area (Å²) >= 11 is 0. The minimum absolute atomic E-state index is 0.0375. The van der Waals surface area contributed by atoms with Crippen LogP contribution in [-0.2, 0) is 6.54 Å². The molecule has 1 aromatic heterocycles. The highest BCUT2D eigenvalue weighted by Gasteiger charge is 2.22. The standard InChI is InChI=1S/C17H21N3O/c1-12(2)20(11-14-7-5-9-19-10-14)17(21)16-13(3)6-4-8-15(16)18/h4-10,12H,11,18H2,1-3H3. The number of pyridine rings is 1. The molecule has 0 saturated carbocycles. The number of rotatable bonds is 4. The highest BCUT2D eigenvalue weighted by Crippen LogP contribution is 2.21. The van der Waals surface area contributed by atoms with Crippen molar-refractivity contribution < 1.29 is 4.79 Å². The summed E-state index contributed by atoms with van der Waals surface area (Å²) in [6.45, 7) is 6.44. The van der Waals surface area contributed by atoms with Gasteiger partial charge in [-0.05, 0) is 44.0 Å². The molecule has 1 heterocycles. The van der Waals surface area contributed by atoms with Gasteiger partial charge in [-0.2, -0.15) is 0 Å². The monoisotopic (exact) mass is 283 g/mol. The van der Waals surface area contributed by atoms with Crippen LogP contribution in [0.1, 0.15) is 35.3 Å². The van der Waals surface area contributed by atoms with E-state index >= 15 is 0 Å². The van der Waals surface area contributed by atoms with Crippen molar-refractivity contribution in [3.63, 3.8) is 0 Å². The van der Waals surface area contributed by atoms with Crippen LogP contribution in [0.3, 0.4) is 0 Å². The second-order valence-corrected chi connectivity index (χ2v) is 5.43. The molecule has 2 aromatic rings. The average molecular weight is 283 g/mol. The van der Waals surface area contributed by atoms with E-state index in [9.17, 15) is 4.79 Å². The third-order valence-electron chi connectivity index (χ3n) is 3.48. The third kappa shape index (κ3) is 3.40. The first kappa shape index (κ1) is 15.0. The smallest absolute Gasteiger partial charge is 0.256 e. The maximum Gasteiger partial charge on any atom is 0.256 e. The van der Waals surface area contributed by atoms with Crippen molar-refractivity contribution in [3.8, 4) is 0 Å². The van der Waals surface area contributed by atoms with E-state index in [2.05, 4.69) is 4.98 Å². The molecule has 0 bridgehead atoms. The minimum Gasteiger partial charge on any atom is -0.398 e. The Morgan fingerprint density at radius 2 is 2.05 bits per heavy atom. The Balaban J connectivity index is 2.32. The zero-order valence-corrected chi connectivity index (χ0v) is 12.7. The molecule has 0 aliphatic heterocycles. The molecular weight excluding hydrogens is 262 g/mol. The number of benzene rings is 1.